The Morgan fingerprint density at radius 3 is 2.11 bits per heavy atom. The van der Waals surface area contributed by atoms with Gasteiger partial charge in [-0.05, 0) is 60.7 Å². The maximum atomic E-state index is 12.6. The summed E-state index contributed by atoms with van der Waals surface area (Å²) in [7, 11) is 1.74. The molecule has 28 heavy (non-hydrogen) atoms. The van der Waals surface area contributed by atoms with Crippen LogP contribution in [0.15, 0.2) is 83.3 Å². The molecule has 0 radical (unpaired) electrons. The molecule has 0 aliphatic carbocycles. The average molecular weight is 438 g/mol. The first-order valence-electron chi connectivity index (χ1n) is 8.75. The van der Waals surface area contributed by atoms with Crippen LogP contribution in [0.4, 0.5) is 17.1 Å². The number of rotatable bonds is 6. The number of halogens is 1. The molecule has 0 bridgehead atoms. The van der Waals surface area contributed by atoms with Crippen molar-refractivity contribution in [3.8, 4) is 0 Å². The van der Waals surface area contributed by atoms with Crippen LogP contribution < -0.4 is 15.5 Å². The minimum Gasteiger partial charge on any atom is -0.376 e. The summed E-state index contributed by atoms with van der Waals surface area (Å²) in [6.07, 6.45) is 0. The third kappa shape index (κ3) is 5.20. The minimum absolute atomic E-state index is 0.110. The lowest BCUT2D eigenvalue weighted by Gasteiger charge is -2.17. The highest BCUT2D eigenvalue weighted by Crippen LogP contribution is 2.17. The van der Waals surface area contributed by atoms with Gasteiger partial charge in [-0.2, -0.15) is 0 Å². The van der Waals surface area contributed by atoms with Crippen LogP contribution in [0.1, 0.15) is 10.4 Å². The molecule has 0 aliphatic rings. The molecule has 0 fully saturated rings. The van der Waals surface area contributed by atoms with Gasteiger partial charge < -0.3 is 15.5 Å². The van der Waals surface area contributed by atoms with Crippen LogP contribution in [0.5, 0.6) is 0 Å². The van der Waals surface area contributed by atoms with Gasteiger partial charge >= 0.3 is 0 Å². The topological polar surface area (TPSA) is 61.4 Å². The second kappa shape index (κ2) is 9.19. The van der Waals surface area contributed by atoms with E-state index in [9.17, 15) is 9.59 Å². The molecule has 5 nitrogen and oxygen atoms in total. The molecular formula is C22H20BrN3O2. The van der Waals surface area contributed by atoms with E-state index in [1.807, 2.05) is 54.6 Å². The molecule has 0 aliphatic heterocycles. The van der Waals surface area contributed by atoms with E-state index in [0.717, 1.165) is 15.8 Å². The molecule has 3 aromatic carbocycles. The Hall–Kier alpha value is -3.12. The summed E-state index contributed by atoms with van der Waals surface area (Å²) in [5.41, 5.74) is 2.88. The number of hydrogen-bond donors (Lipinski definition) is 2. The third-order valence-corrected chi connectivity index (χ3v) is 4.69. The van der Waals surface area contributed by atoms with Crippen LogP contribution in [-0.4, -0.2) is 25.4 Å². The lowest BCUT2D eigenvalue weighted by Crippen LogP contribution is -2.26. The molecule has 2 amide bonds. The number of anilines is 3. The Labute approximate surface area is 172 Å². The first-order valence-corrected chi connectivity index (χ1v) is 9.55. The standard InChI is InChI=1S/C22H20BrN3O2/c1-26(20-5-3-2-4-6-20)22(28)16-7-11-19(12-8-16)25-21(27)15-24-18-13-9-17(23)10-14-18/h2-14,24H,15H2,1H3,(H,25,27). The number of hydrogen-bond acceptors (Lipinski definition) is 3. The van der Waals surface area contributed by atoms with Crippen molar-refractivity contribution in [2.75, 3.05) is 29.1 Å². The Bertz CT molecular complexity index is 942. The summed E-state index contributed by atoms with van der Waals surface area (Å²) in [4.78, 5) is 26.3. The molecule has 3 rings (SSSR count). The maximum absolute atomic E-state index is 12.6. The summed E-state index contributed by atoms with van der Waals surface area (Å²) in [5.74, 6) is -0.274. The van der Waals surface area contributed by atoms with E-state index in [4.69, 9.17) is 0 Å². The second-order valence-corrected chi connectivity index (χ2v) is 7.10. The number of nitrogens with zero attached hydrogens (tertiary/aromatic N) is 1. The smallest absolute Gasteiger partial charge is 0.258 e. The zero-order valence-corrected chi connectivity index (χ0v) is 16.9. The number of carbonyl (C=O) groups is 2. The van der Waals surface area contributed by atoms with Crippen LogP contribution in [0.25, 0.3) is 0 Å². The maximum Gasteiger partial charge on any atom is 0.258 e. The highest BCUT2D eigenvalue weighted by Gasteiger charge is 2.13. The van der Waals surface area contributed by atoms with E-state index in [-0.39, 0.29) is 18.4 Å². The Kier molecular flexibility index (Phi) is 6.45. The first-order chi connectivity index (χ1) is 13.5. The van der Waals surface area contributed by atoms with Crippen molar-refractivity contribution in [1.82, 2.24) is 0 Å². The van der Waals surface area contributed by atoms with E-state index in [2.05, 4.69) is 26.6 Å². The van der Waals surface area contributed by atoms with Crippen molar-refractivity contribution in [2.45, 2.75) is 0 Å². The molecule has 0 spiro atoms. The summed E-state index contributed by atoms with van der Waals surface area (Å²) >= 11 is 3.37. The second-order valence-electron chi connectivity index (χ2n) is 6.19. The number of para-hydroxylation sites is 1. The van der Waals surface area contributed by atoms with E-state index < -0.39 is 0 Å². The van der Waals surface area contributed by atoms with Crippen LogP contribution in [0.3, 0.4) is 0 Å². The van der Waals surface area contributed by atoms with Crippen LogP contribution in [0.2, 0.25) is 0 Å². The lowest BCUT2D eigenvalue weighted by atomic mass is 10.1. The molecule has 0 atom stereocenters. The normalized spacial score (nSPS) is 10.2. The largest absolute Gasteiger partial charge is 0.376 e. The average Bonchev–Trinajstić information content (AvgIpc) is 2.73. The highest BCUT2D eigenvalue weighted by molar-refractivity contribution is 9.10. The molecular weight excluding hydrogens is 418 g/mol. The van der Waals surface area contributed by atoms with Gasteiger partial charge in [0.05, 0.1) is 6.54 Å². The number of amides is 2. The summed E-state index contributed by atoms with van der Waals surface area (Å²) in [6, 6.07) is 23.9. The molecule has 0 aromatic heterocycles. The van der Waals surface area contributed by atoms with Gasteiger partial charge in [0.2, 0.25) is 5.91 Å². The molecule has 0 saturated heterocycles. The number of carbonyl (C=O) groups excluding carboxylic acids is 2. The van der Waals surface area contributed by atoms with Crippen LogP contribution in [0, 0.1) is 0 Å². The van der Waals surface area contributed by atoms with Crippen LogP contribution in [-0.2, 0) is 4.79 Å². The van der Waals surface area contributed by atoms with E-state index in [1.165, 1.54) is 0 Å². The van der Waals surface area contributed by atoms with Gasteiger partial charge in [0, 0.05) is 34.1 Å². The quantitative estimate of drug-likeness (QED) is 0.583. The zero-order valence-electron chi connectivity index (χ0n) is 15.4. The van der Waals surface area contributed by atoms with Gasteiger partial charge in [-0.15, -0.1) is 0 Å². The Balaban J connectivity index is 1.55. The van der Waals surface area contributed by atoms with Gasteiger partial charge in [-0.3, -0.25) is 9.59 Å². The van der Waals surface area contributed by atoms with Crippen molar-refractivity contribution in [1.29, 1.82) is 0 Å². The predicted molar refractivity (Wildman–Crippen MR) is 117 cm³/mol. The fourth-order valence-corrected chi connectivity index (χ4v) is 2.88. The molecule has 0 saturated carbocycles. The highest BCUT2D eigenvalue weighted by atomic mass is 79.9. The summed E-state index contributed by atoms with van der Waals surface area (Å²) < 4.78 is 0.982. The first kappa shape index (κ1) is 19.6. The monoisotopic (exact) mass is 437 g/mol. The molecule has 0 unspecified atom stereocenters. The lowest BCUT2D eigenvalue weighted by molar-refractivity contribution is -0.114. The van der Waals surface area contributed by atoms with Crippen molar-refractivity contribution < 1.29 is 9.59 Å². The summed E-state index contributed by atoms with van der Waals surface area (Å²) in [5, 5.41) is 5.88. The predicted octanol–water partition coefficient (Wildman–Crippen LogP) is 4.78. The van der Waals surface area contributed by atoms with Gasteiger partial charge in [0.25, 0.3) is 5.91 Å². The van der Waals surface area contributed by atoms with Crippen molar-refractivity contribution >= 4 is 44.8 Å². The third-order valence-electron chi connectivity index (χ3n) is 4.16. The number of benzene rings is 3. The molecule has 142 valence electrons. The van der Waals surface area contributed by atoms with E-state index in [0.29, 0.717) is 11.3 Å². The molecule has 6 heteroatoms. The minimum atomic E-state index is -0.164. The molecule has 3 aromatic rings. The Morgan fingerprint density at radius 1 is 0.857 bits per heavy atom. The summed E-state index contributed by atoms with van der Waals surface area (Å²) in [6.45, 7) is 0.152. The van der Waals surface area contributed by atoms with E-state index >= 15 is 0 Å². The van der Waals surface area contributed by atoms with Crippen LogP contribution >= 0.6 is 15.9 Å². The van der Waals surface area contributed by atoms with Crippen molar-refractivity contribution in [2.24, 2.45) is 0 Å². The van der Waals surface area contributed by atoms with Gasteiger partial charge in [0.15, 0.2) is 0 Å². The van der Waals surface area contributed by atoms with Gasteiger partial charge in [0.1, 0.15) is 0 Å². The zero-order chi connectivity index (χ0) is 19.9. The SMILES string of the molecule is CN(C(=O)c1ccc(NC(=O)CNc2ccc(Br)cc2)cc1)c1ccccc1. The van der Waals surface area contributed by atoms with E-state index in [1.54, 1.807) is 36.2 Å². The Morgan fingerprint density at radius 2 is 1.46 bits per heavy atom. The van der Waals surface area contributed by atoms with Gasteiger partial charge in [-0.1, -0.05) is 34.1 Å². The number of nitrogens with one attached hydrogen (secondary N) is 2. The van der Waals surface area contributed by atoms with Gasteiger partial charge in [-0.25, -0.2) is 0 Å². The fraction of sp³-hybridized carbons (Fsp3) is 0.0909. The van der Waals surface area contributed by atoms with Crippen molar-refractivity contribution in [3.05, 3.63) is 88.9 Å². The van der Waals surface area contributed by atoms with Crippen molar-refractivity contribution in [3.63, 3.8) is 0 Å². The fourth-order valence-electron chi connectivity index (χ4n) is 2.61. The molecule has 2 N–H and O–H groups in total. The molecule has 0 heterocycles.